The molecule has 1 aliphatic rings. The zero-order valence-electron chi connectivity index (χ0n) is 12.7. The predicted molar refractivity (Wildman–Crippen MR) is 81.2 cm³/mol. The standard InChI is InChI=1S/C15H20N4O3/c1-10(16-2)7-17-14(21)12-5-3-11(4-6-12)9-19-13(20)8-18-15(19)22/h3-6,10,16H,7-9H2,1-2H3,(H,17,21)(H,18,22). The summed E-state index contributed by atoms with van der Waals surface area (Å²) in [5, 5.41) is 8.34. The van der Waals surface area contributed by atoms with Crippen molar-refractivity contribution in [2.24, 2.45) is 0 Å². The molecule has 7 heteroatoms. The van der Waals surface area contributed by atoms with Gasteiger partial charge in [-0.2, -0.15) is 0 Å². The highest BCUT2D eigenvalue weighted by Gasteiger charge is 2.28. The minimum Gasteiger partial charge on any atom is -0.350 e. The van der Waals surface area contributed by atoms with Crippen LogP contribution in [0.2, 0.25) is 0 Å². The van der Waals surface area contributed by atoms with Crippen LogP contribution in [0, 0.1) is 0 Å². The zero-order chi connectivity index (χ0) is 16.1. The van der Waals surface area contributed by atoms with Gasteiger partial charge in [-0.05, 0) is 31.7 Å². The minimum absolute atomic E-state index is 0.0446. The quantitative estimate of drug-likeness (QED) is 0.649. The molecule has 1 aliphatic heterocycles. The maximum absolute atomic E-state index is 12.0. The molecule has 0 aromatic heterocycles. The van der Waals surface area contributed by atoms with Crippen LogP contribution in [-0.4, -0.2) is 48.9 Å². The molecule has 4 amide bonds. The topological polar surface area (TPSA) is 90.5 Å². The van der Waals surface area contributed by atoms with Crippen LogP contribution in [0.5, 0.6) is 0 Å². The Balaban J connectivity index is 1.94. The summed E-state index contributed by atoms with van der Waals surface area (Å²) >= 11 is 0. The minimum atomic E-state index is -0.382. The summed E-state index contributed by atoms with van der Waals surface area (Å²) in [7, 11) is 1.83. The molecule has 7 nitrogen and oxygen atoms in total. The van der Waals surface area contributed by atoms with E-state index in [0.29, 0.717) is 12.1 Å². The lowest BCUT2D eigenvalue weighted by atomic mass is 10.1. The monoisotopic (exact) mass is 304 g/mol. The molecule has 1 aromatic carbocycles. The van der Waals surface area contributed by atoms with Crippen LogP contribution >= 0.6 is 0 Å². The van der Waals surface area contributed by atoms with Crippen molar-refractivity contribution < 1.29 is 14.4 Å². The first-order chi connectivity index (χ1) is 10.5. The van der Waals surface area contributed by atoms with Crippen molar-refractivity contribution in [3.63, 3.8) is 0 Å². The number of carbonyl (C=O) groups is 3. The first-order valence-corrected chi connectivity index (χ1v) is 7.14. The third-order valence-electron chi connectivity index (χ3n) is 3.56. The van der Waals surface area contributed by atoms with Gasteiger partial charge in [0.25, 0.3) is 5.91 Å². The molecule has 22 heavy (non-hydrogen) atoms. The lowest BCUT2D eigenvalue weighted by molar-refractivity contribution is -0.125. The summed E-state index contributed by atoms with van der Waals surface area (Å²) in [4.78, 5) is 36.1. The normalized spacial score (nSPS) is 15.6. The molecule has 3 N–H and O–H groups in total. The van der Waals surface area contributed by atoms with Gasteiger partial charge >= 0.3 is 6.03 Å². The summed E-state index contributed by atoms with van der Waals surface area (Å²) in [5.74, 6) is -0.392. The maximum Gasteiger partial charge on any atom is 0.324 e. The van der Waals surface area contributed by atoms with Crippen molar-refractivity contribution in [2.45, 2.75) is 19.5 Å². The van der Waals surface area contributed by atoms with Crippen LogP contribution in [0.25, 0.3) is 0 Å². The van der Waals surface area contributed by atoms with Crippen LogP contribution in [0.4, 0.5) is 4.79 Å². The first-order valence-electron chi connectivity index (χ1n) is 7.14. The number of nitrogens with one attached hydrogen (secondary N) is 3. The van der Waals surface area contributed by atoms with Crippen molar-refractivity contribution in [2.75, 3.05) is 20.1 Å². The van der Waals surface area contributed by atoms with Crippen molar-refractivity contribution in [3.05, 3.63) is 35.4 Å². The average Bonchev–Trinajstić information content (AvgIpc) is 2.84. The first kappa shape index (κ1) is 16.0. The molecule has 1 unspecified atom stereocenters. The molecule has 1 aromatic rings. The van der Waals surface area contributed by atoms with E-state index < -0.39 is 0 Å². The van der Waals surface area contributed by atoms with E-state index in [-0.39, 0.29) is 37.0 Å². The fraction of sp³-hybridized carbons (Fsp3) is 0.400. The summed E-state index contributed by atoms with van der Waals surface area (Å²) in [6.07, 6.45) is 0. The second kappa shape index (κ2) is 7.04. The second-order valence-corrected chi connectivity index (χ2v) is 5.24. The molecule has 0 aliphatic carbocycles. The Morgan fingerprint density at radius 3 is 2.55 bits per heavy atom. The molecule has 118 valence electrons. The van der Waals surface area contributed by atoms with Gasteiger partial charge in [-0.15, -0.1) is 0 Å². The molecule has 0 bridgehead atoms. The van der Waals surface area contributed by atoms with E-state index in [1.807, 2.05) is 14.0 Å². The van der Waals surface area contributed by atoms with E-state index in [9.17, 15) is 14.4 Å². The molecule has 2 rings (SSSR count). The van der Waals surface area contributed by atoms with Crippen LogP contribution in [0.3, 0.4) is 0 Å². The van der Waals surface area contributed by atoms with Gasteiger partial charge in [0.05, 0.1) is 13.1 Å². The van der Waals surface area contributed by atoms with Crippen LogP contribution in [-0.2, 0) is 11.3 Å². The summed E-state index contributed by atoms with van der Waals surface area (Å²) in [6.45, 7) is 2.77. The van der Waals surface area contributed by atoms with Gasteiger partial charge in [-0.3, -0.25) is 14.5 Å². The molecule has 0 spiro atoms. The van der Waals surface area contributed by atoms with Gasteiger partial charge in [0.15, 0.2) is 0 Å². The summed E-state index contributed by atoms with van der Waals surface area (Å²) in [6, 6.07) is 6.68. The summed E-state index contributed by atoms with van der Waals surface area (Å²) < 4.78 is 0. The number of rotatable bonds is 6. The molecule has 0 radical (unpaired) electrons. The Morgan fingerprint density at radius 2 is 2.00 bits per heavy atom. The SMILES string of the molecule is CNC(C)CNC(=O)c1ccc(CN2C(=O)CNC2=O)cc1. The van der Waals surface area contributed by atoms with Crippen molar-refractivity contribution in [1.29, 1.82) is 0 Å². The number of hydrogen-bond acceptors (Lipinski definition) is 4. The zero-order valence-corrected chi connectivity index (χ0v) is 12.7. The molecule has 1 fully saturated rings. The molecule has 1 atom stereocenters. The summed E-state index contributed by atoms with van der Waals surface area (Å²) in [5.41, 5.74) is 1.34. The lowest BCUT2D eigenvalue weighted by Gasteiger charge is -2.13. The van der Waals surface area contributed by atoms with Crippen molar-refractivity contribution >= 4 is 17.8 Å². The maximum atomic E-state index is 12.0. The fourth-order valence-corrected chi connectivity index (χ4v) is 2.01. The fourth-order valence-electron chi connectivity index (χ4n) is 2.01. The number of urea groups is 1. The van der Waals surface area contributed by atoms with Gasteiger partial charge < -0.3 is 16.0 Å². The van der Waals surface area contributed by atoms with Gasteiger partial charge in [0.1, 0.15) is 0 Å². The highest BCUT2D eigenvalue weighted by molar-refractivity contribution is 6.01. The molecule has 0 saturated carbocycles. The van der Waals surface area contributed by atoms with E-state index in [4.69, 9.17) is 0 Å². The highest BCUT2D eigenvalue weighted by atomic mass is 16.2. The predicted octanol–water partition coefficient (Wildman–Crippen LogP) is 0.0761. The second-order valence-electron chi connectivity index (χ2n) is 5.24. The largest absolute Gasteiger partial charge is 0.350 e. The van der Waals surface area contributed by atoms with E-state index in [1.54, 1.807) is 24.3 Å². The van der Waals surface area contributed by atoms with Gasteiger partial charge in [0, 0.05) is 18.2 Å². The number of imide groups is 1. The number of carbonyl (C=O) groups excluding carboxylic acids is 3. The van der Waals surface area contributed by atoms with E-state index in [2.05, 4.69) is 16.0 Å². The molecule has 1 saturated heterocycles. The van der Waals surface area contributed by atoms with Crippen LogP contribution < -0.4 is 16.0 Å². The van der Waals surface area contributed by atoms with E-state index in [1.165, 1.54) is 0 Å². The number of nitrogens with zero attached hydrogens (tertiary/aromatic N) is 1. The number of likely N-dealkylation sites (N-methyl/N-ethyl adjacent to an activating group) is 1. The Bertz CT molecular complexity index is 555. The number of hydrogen-bond donors (Lipinski definition) is 3. The van der Waals surface area contributed by atoms with Crippen molar-refractivity contribution in [1.82, 2.24) is 20.9 Å². The number of benzene rings is 1. The average molecular weight is 304 g/mol. The Labute approximate surface area is 129 Å². The van der Waals surface area contributed by atoms with Crippen LogP contribution in [0.1, 0.15) is 22.8 Å². The third kappa shape index (κ3) is 3.82. The van der Waals surface area contributed by atoms with Crippen molar-refractivity contribution in [3.8, 4) is 0 Å². The van der Waals surface area contributed by atoms with E-state index in [0.717, 1.165) is 10.5 Å². The van der Waals surface area contributed by atoms with Gasteiger partial charge in [0.2, 0.25) is 5.91 Å². The number of amides is 4. The smallest absolute Gasteiger partial charge is 0.324 e. The highest BCUT2D eigenvalue weighted by Crippen LogP contribution is 2.10. The molecular weight excluding hydrogens is 284 g/mol. The lowest BCUT2D eigenvalue weighted by Crippen LogP contribution is -2.37. The third-order valence-corrected chi connectivity index (χ3v) is 3.56. The van der Waals surface area contributed by atoms with E-state index >= 15 is 0 Å². The Morgan fingerprint density at radius 1 is 1.32 bits per heavy atom. The van der Waals surface area contributed by atoms with Crippen LogP contribution in [0.15, 0.2) is 24.3 Å². The Kier molecular flexibility index (Phi) is 5.11. The molecular formula is C15H20N4O3. The Hall–Kier alpha value is -2.41. The molecule has 1 heterocycles. The van der Waals surface area contributed by atoms with Gasteiger partial charge in [-0.25, -0.2) is 4.79 Å². The van der Waals surface area contributed by atoms with Gasteiger partial charge in [-0.1, -0.05) is 12.1 Å².